The molecule has 1 aliphatic carbocycles. The maximum Gasteiger partial charge on any atom is 0.229 e. The molecule has 158 valence electrons. The predicted octanol–water partition coefficient (Wildman–Crippen LogP) is 2.92. The van der Waals surface area contributed by atoms with Crippen LogP contribution in [-0.4, -0.2) is 68.0 Å². The Labute approximate surface area is 173 Å². The molecule has 1 aromatic rings. The summed E-state index contributed by atoms with van der Waals surface area (Å²) >= 11 is 0. The van der Waals surface area contributed by atoms with Crippen molar-refractivity contribution in [1.82, 2.24) is 9.80 Å². The highest BCUT2D eigenvalue weighted by Gasteiger charge is 2.44. The Morgan fingerprint density at radius 1 is 0.897 bits per heavy atom. The lowest BCUT2D eigenvalue weighted by Gasteiger charge is -2.38. The number of nitrogens with zero attached hydrogens (tertiary/aromatic N) is 3. The van der Waals surface area contributed by atoms with Gasteiger partial charge in [-0.1, -0.05) is 12.8 Å². The lowest BCUT2D eigenvalue weighted by atomic mass is 9.76. The Morgan fingerprint density at radius 2 is 1.52 bits per heavy atom. The zero-order valence-electron chi connectivity index (χ0n) is 17.6. The third-order valence-electron chi connectivity index (χ3n) is 6.98. The Hall–Kier alpha value is -2.08. The smallest absolute Gasteiger partial charge is 0.229 e. The van der Waals surface area contributed by atoms with Gasteiger partial charge in [-0.15, -0.1) is 0 Å². The molecular weight excluding hydrogens is 366 g/mol. The van der Waals surface area contributed by atoms with Crippen LogP contribution in [0.1, 0.15) is 44.9 Å². The van der Waals surface area contributed by atoms with E-state index in [-0.39, 0.29) is 17.2 Å². The molecule has 0 unspecified atom stereocenters. The minimum atomic E-state index is 0.00243. The summed E-state index contributed by atoms with van der Waals surface area (Å²) in [6, 6.07) is 8.23. The summed E-state index contributed by atoms with van der Waals surface area (Å²) in [5.74, 6) is 1.01. The van der Waals surface area contributed by atoms with Crippen molar-refractivity contribution in [3.8, 4) is 5.75 Å². The van der Waals surface area contributed by atoms with Crippen molar-refractivity contribution in [3.63, 3.8) is 0 Å². The molecule has 0 atom stereocenters. The number of ether oxygens (including phenoxy) is 1. The Bertz CT molecular complexity index is 699. The van der Waals surface area contributed by atoms with Crippen LogP contribution in [0.2, 0.25) is 0 Å². The van der Waals surface area contributed by atoms with Gasteiger partial charge in [0.25, 0.3) is 0 Å². The molecule has 6 nitrogen and oxygen atoms in total. The van der Waals surface area contributed by atoms with Crippen molar-refractivity contribution < 1.29 is 14.3 Å². The van der Waals surface area contributed by atoms with Crippen molar-refractivity contribution >= 4 is 17.5 Å². The van der Waals surface area contributed by atoms with Crippen molar-refractivity contribution in [1.29, 1.82) is 0 Å². The number of piperazine rings is 1. The molecule has 2 heterocycles. The number of carbonyl (C=O) groups excluding carboxylic acids is 2. The molecule has 0 N–H and O–H groups in total. The molecule has 1 aromatic carbocycles. The van der Waals surface area contributed by atoms with Crippen LogP contribution in [0.3, 0.4) is 0 Å². The van der Waals surface area contributed by atoms with Crippen LogP contribution in [0.5, 0.6) is 5.75 Å². The van der Waals surface area contributed by atoms with Gasteiger partial charge >= 0.3 is 0 Å². The molecular formula is C23H33N3O3. The maximum absolute atomic E-state index is 12.6. The summed E-state index contributed by atoms with van der Waals surface area (Å²) in [6.45, 7) is 5.53. The number of amides is 2. The molecule has 0 bridgehead atoms. The van der Waals surface area contributed by atoms with E-state index < -0.39 is 0 Å². The third-order valence-corrected chi connectivity index (χ3v) is 6.98. The average molecular weight is 400 g/mol. The van der Waals surface area contributed by atoms with Gasteiger partial charge in [0.1, 0.15) is 5.75 Å². The number of hydrogen-bond acceptors (Lipinski definition) is 5. The minimum Gasteiger partial charge on any atom is -0.497 e. The molecule has 1 saturated carbocycles. The lowest BCUT2D eigenvalue weighted by Crippen LogP contribution is -2.49. The monoisotopic (exact) mass is 399 g/mol. The van der Waals surface area contributed by atoms with E-state index in [0.717, 1.165) is 57.7 Å². The first-order valence-electron chi connectivity index (χ1n) is 11.0. The fraction of sp³-hybridized carbons (Fsp3) is 0.652. The molecule has 2 amide bonds. The summed E-state index contributed by atoms with van der Waals surface area (Å²) < 4.78 is 5.23. The third kappa shape index (κ3) is 4.58. The van der Waals surface area contributed by atoms with Gasteiger partial charge in [0.05, 0.1) is 7.11 Å². The Morgan fingerprint density at radius 3 is 2.10 bits per heavy atom. The Kier molecular flexibility index (Phi) is 6.09. The first-order valence-corrected chi connectivity index (χ1v) is 11.0. The maximum atomic E-state index is 12.6. The molecule has 4 rings (SSSR count). The molecule has 2 saturated heterocycles. The first-order chi connectivity index (χ1) is 14.1. The summed E-state index contributed by atoms with van der Waals surface area (Å²) in [5, 5.41) is 0. The van der Waals surface area contributed by atoms with E-state index in [9.17, 15) is 9.59 Å². The minimum absolute atomic E-state index is 0.00243. The fourth-order valence-electron chi connectivity index (χ4n) is 5.24. The molecule has 29 heavy (non-hydrogen) atoms. The summed E-state index contributed by atoms with van der Waals surface area (Å²) in [5.41, 5.74) is 1.23. The van der Waals surface area contributed by atoms with Crippen LogP contribution in [0.15, 0.2) is 24.3 Å². The highest BCUT2D eigenvalue weighted by molar-refractivity contribution is 5.98. The van der Waals surface area contributed by atoms with E-state index in [2.05, 4.69) is 21.9 Å². The average Bonchev–Trinajstić information content (AvgIpc) is 3.18. The summed E-state index contributed by atoms with van der Waals surface area (Å²) in [6.07, 6.45) is 6.48. The van der Waals surface area contributed by atoms with Gasteiger partial charge in [0.2, 0.25) is 11.8 Å². The topological polar surface area (TPSA) is 53.1 Å². The van der Waals surface area contributed by atoms with Crippen LogP contribution in [0, 0.1) is 5.41 Å². The van der Waals surface area contributed by atoms with Crippen LogP contribution in [-0.2, 0) is 9.59 Å². The van der Waals surface area contributed by atoms with Gasteiger partial charge in [-0.25, -0.2) is 0 Å². The van der Waals surface area contributed by atoms with E-state index in [1.54, 1.807) is 7.11 Å². The predicted molar refractivity (Wildman–Crippen MR) is 113 cm³/mol. The summed E-state index contributed by atoms with van der Waals surface area (Å²) in [4.78, 5) is 31.5. The summed E-state index contributed by atoms with van der Waals surface area (Å²) in [7, 11) is 1.69. The van der Waals surface area contributed by atoms with Crippen LogP contribution in [0.25, 0.3) is 0 Å². The second-order valence-electron chi connectivity index (χ2n) is 8.88. The molecule has 0 radical (unpaired) electrons. The van der Waals surface area contributed by atoms with E-state index in [0.29, 0.717) is 19.4 Å². The molecule has 3 aliphatic rings. The number of rotatable bonds is 6. The van der Waals surface area contributed by atoms with Crippen LogP contribution in [0.4, 0.5) is 5.69 Å². The Balaban J connectivity index is 1.20. The van der Waals surface area contributed by atoms with Gasteiger partial charge in [0, 0.05) is 51.3 Å². The highest BCUT2D eigenvalue weighted by atomic mass is 16.5. The fourth-order valence-corrected chi connectivity index (χ4v) is 5.24. The van der Waals surface area contributed by atoms with Crippen molar-refractivity contribution in [2.45, 2.75) is 44.9 Å². The normalized spacial score (nSPS) is 22.5. The first kappa shape index (κ1) is 20.2. The number of likely N-dealkylation sites (tertiary alicyclic amines) is 1. The molecule has 1 spiro atoms. The lowest BCUT2D eigenvalue weighted by molar-refractivity contribution is -0.153. The standard InChI is InChI=1S/C23H33N3O3/c1-29-20-7-5-19(6-8-20)25-15-13-24(14-16-25)11-4-12-26-21(27)17-23(18-22(26)28)9-2-3-10-23/h5-8H,2-4,9-18H2,1H3. The number of anilines is 1. The van der Waals surface area contributed by atoms with Gasteiger partial charge in [0.15, 0.2) is 0 Å². The zero-order valence-corrected chi connectivity index (χ0v) is 17.6. The number of benzene rings is 1. The van der Waals surface area contributed by atoms with Crippen LogP contribution >= 0.6 is 0 Å². The molecule has 3 fully saturated rings. The van der Waals surface area contributed by atoms with Gasteiger partial charge in [-0.05, 0) is 55.5 Å². The van der Waals surface area contributed by atoms with Crippen LogP contribution < -0.4 is 9.64 Å². The van der Waals surface area contributed by atoms with Crippen molar-refractivity contribution in [2.24, 2.45) is 5.41 Å². The number of imide groups is 1. The SMILES string of the molecule is COc1ccc(N2CCN(CCCN3C(=O)CC4(CCCC4)CC3=O)CC2)cc1. The zero-order chi connectivity index (χ0) is 20.3. The van der Waals surface area contributed by atoms with E-state index in [1.165, 1.54) is 23.4 Å². The highest BCUT2D eigenvalue weighted by Crippen LogP contribution is 2.46. The number of carbonyl (C=O) groups is 2. The molecule has 2 aliphatic heterocycles. The van der Waals surface area contributed by atoms with Crippen molar-refractivity contribution in [2.75, 3.05) is 51.3 Å². The number of hydrogen-bond donors (Lipinski definition) is 0. The second kappa shape index (κ2) is 8.74. The van der Waals surface area contributed by atoms with Gasteiger partial charge in [-0.2, -0.15) is 0 Å². The quantitative estimate of drug-likeness (QED) is 0.689. The van der Waals surface area contributed by atoms with E-state index in [4.69, 9.17) is 4.74 Å². The molecule has 6 heteroatoms. The number of piperidine rings is 1. The van der Waals surface area contributed by atoms with E-state index >= 15 is 0 Å². The van der Waals surface area contributed by atoms with Gasteiger partial charge < -0.3 is 9.64 Å². The van der Waals surface area contributed by atoms with Crippen molar-refractivity contribution in [3.05, 3.63) is 24.3 Å². The van der Waals surface area contributed by atoms with E-state index in [1.807, 2.05) is 12.1 Å². The number of methoxy groups -OCH3 is 1. The molecule has 0 aromatic heterocycles. The van der Waals surface area contributed by atoms with Gasteiger partial charge in [-0.3, -0.25) is 19.4 Å². The second-order valence-corrected chi connectivity index (χ2v) is 8.88. The largest absolute Gasteiger partial charge is 0.497 e.